The molecule has 130 valence electrons. The van der Waals surface area contributed by atoms with Crippen molar-refractivity contribution in [3.05, 3.63) is 70.5 Å². The first-order chi connectivity index (χ1) is 11.8. The third-order valence-corrected chi connectivity index (χ3v) is 5.55. The highest BCUT2D eigenvalue weighted by Gasteiger charge is 2.20. The van der Waals surface area contributed by atoms with Crippen LogP contribution in [-0.2, 0) is 10.0 Å². The third-order valence-electron chi connectivity index (χ3n) is 3.93. The number of sulfonamides is 1. The molecule has 3 aromatic rings. The van der Waals surface area contributed by atoms with Crippen LogP contribution in [0.1, 0.15) is 17.0 Å². The number of benzene rings is 2. The lowest BCUT2D eigenvalue weighted by Gasteiger charge is -2.09. The Hall–Kier alpha value is -2.31. The third kappa shape index (κ3) is 3.55. The Morgan fingerprint density at radius 3 is 2.16 bits per heavy atom. The molecule has 0 saturated carbocycles. The molecule has 25 heavy (non-hydrogen) atoms. The Balaban J connectivity index is 1.98. The van der Waals surface area contributed by atoms with E-state index in [4.69, 9.17) is 11.6 Å². The summed E-state index contributed by atoms with van der Waals surface area (Å²) in [6.45, 7) is 5.62. The van der Waals surface area contributed by atoms with E-state index in [9.17, 15) is 8.42 Å². The van der Waals surface area contributed by atoms with Crippen LogP contribution in [0.25, 0.3) is 5.69 Å². The van der Waals surface area contributed by atoms with E-state index in [0.717, 1.165) is 16.9 Å². The number of rotatable bonds is 4. The lowest BCUT2D eigenvalue weighted by molar-refractivity contribution is 0.601. The highest BCUT2D eigenvalue weighted by atomic mass is 35.5. The van der Waals surface area contributed by atoms with E-state index in [1.54, 1.807) is 23.7 Å². The maximum Gasteiger partial charge on any atom is 0.262 e. The molecule has 0 aliphatic rings. The minimum atomic E-state index is -3.71. The lowest BCUT2D eigenvalue weighted by Crippen LogP contribution is -2.14. The molecular formula is C18H18ClN3O2S. The molecule has 0 bridgehead atoms. The van der Waals surface area contributed by atoms with E-state index in [0.29, 0.717) is 16.4 Å². The van der Waals surface area contributed by atoms with E-state index >= 15 is 0 Å². The number of aromatic nitrogens is 2. The van der Waals surface area contributed by atoms with E-state index in [-0.39, 0.29) is 4.90 Å². The maximum atomic E-state index is 12.6. The molecule has 0 fully saturated rings. The summed E-state index contributed by atoms with van der Waals surface area (Å²) in [5, 5.41) is 4.96. The highest BCUT2D eigenvalue weighted by Crippen LogP contribution is 2.26. The van der Waals surface area contributed by atoms with Gasteiger partial charge in [-0.25, -0.2) is 13.1 Å². The molecule has 1 heterocycles. The largest absolute Gasteiger partial charge is 0.276 e. The van der Waals surface area contributed by atoms with Gasteiger partial charge in [0.25, 0.3) is 10.0 Å². The fourth-order valence-electron chi connectivity index (χ4n) is 2.53. The first-order valence-electron chi connectivity index (χ1n) is 7.69. The second-order valence-electron chi connectivity index (χ2n) is 5.85. The molecule has 3 rings (SSSR count). The second-order valence-corrected chi connectivity index (χ2v) is 7.97. The van der Waals surface area contributed by atoms with E-state index in [2.05, 4.69) is 9.82 Å². The van der Waals surface area contributed by atoms with Crippen LogP contribution in [0.15, 0.2) is 53.4 Å². The monoisotopic (exact) mass is 375 g/mol. The Bertz CT molecular complexity index is 1010. The van der Waals surface area contributed by atoms with Gasteiger partial charge in [0.1, 0.15) is 0 Å². The van der Waals surface area contributed by atoms with Crippen LogP contribution in [0.2, 0.25) is 5.02 Å². The molecular weight excluding hydrogens is 358 g/mol. The van der Waals surface area contributed by atoms with Gasteiger partial charge in [-0.05, 0) is 57.2 Å². The number of hydrogen-bond acceptors (Lipinski definition) is 3. The summed E-state index contributed by atoms with van der Waals surface area (Å²) < 4.78 is 29.6. The summed E-state index contributed by atoms with van der Waals surface area (Å²) >= 11 is 5.83. The predicted octanol–water partition coefficient (Wildman–Crippen LogP) is 4.25. The van der Waals surface area contributed by atoms with Crippen molar-refractivity contribution < 1.29 is 8.42 Å². The average Bonchev–Trinajstić information content (AvgIpc) is 2.84. The Morgan fingerprint density at radius 1 is 0.960 bits per heavy atom. The normalized spacial score (nSPS) is 11.5. The number of anilines is 1. The molecule has 0 unspecified atom stereocenters. The lowest BCUT2D eigenvalue weighted by atomic mass is 10.2. The molecule has 0 spiro atoms. The molecule has 2 aromatic carbocycles. The number of hydrogen-bond donors (Lipinski definition) is 1. The van der Waals surface area contributed by atoms with Gasteiger partial charge in [0.2, 0.25) is 0 Å². The summed E-state index contributed by atoms with van der Waals surface area (Å²) in [7, 11) is -3.71. The fraction of sp³-hybridized carbons (Fsp3) is 0.167. The quantitative estimate of drug-likeness (QED) is 0.741. The SMILES string of the molecule is Cc1ccc(-n2nc(C)c(NS(=O)(=O)c3ccc(Cl)cc3)c2C)cc1. The van der Waals surface area contributed by atoms with Crippen molar-refractivity contribution in [2.24, 2.45) is 0 Å². The van der Waals surface area contributed by atoms with Gasteiger partial charge in [-0.3, -0.25) is 4.72 Å². The van der Waals surface area contributed by atoms with E-state index in [1.807, 2.05) is 38.1 Å². The molecule has 0 aliphatic carbocycles. The predicted molar refractivity (Wildman–Crippen MR) is 100 cm³/mol. The highest BCUT2D eigenvalue weighted by molar-refractivity contribution is 7.92. The van der Waals surface area contributed by atoms with Gasteiger partial charge in [0.15, 0.2) is 0 Å². The van der Waals surface area contributed by atoms with Gasteiger partial charge in [-0.15, -0.1) is 0 Å². The second kappa shape index (κ2) is 6.54. The van der Waals surface area contributed by atoms with Gasteiger partial charge < -0.3 is 0 Å². The molecule has 0 saturated heterocycles. The van der Waals surface area contributed by atoms with Crippen molar-refractivity contribution in [2.75, 3.05) is 4.72 Å². The molecule has 0 radical (unpaired) electrons. The molecule has 1 aromatic heterocycles. The van der Waals surface area contributed by atoms with Crippen molar-refractivity contribution in [3.63, 3.8) is 0 Å². The fourth-order valence-corrected chi connectivity index (χ4v) is 3.84. The van der Waals surface area contributed by atoms with Gasteiger partial charge in [0.05, 0.1) is 27.7 Å². The zero-order valence-corrected chi connectivity index (χ0v) is 15.7. The van der Waals surface area contributed by atoms with Gasteiger partial charge in [0, 0.05) is 5.02 Å². The average molecular weight is 376 g/mol. The van der Waals surface area contributed by atoms with Crippen molar-refractivity contribution in [1.82, 2.24) is 9.78 Å². The van der Waals surface area contributed by atoms with Crippen LogP contribution in [0.4, 0.5) is 5.69 Å². The summed E-state index contributed by atoms with van der Waals surface area (Å²) in [4.78, 5) is 0.152. The maximum absolute atomic E-state index is 12.6. The smallest absolute Gasteiger partial charge is 0.262 e. The first-order valence-corrected chi connectivity index (χ1v) is 9.56. The number of halogens is 1. The summed E-state index contributed by atoms with van der Waals surface area (Å²) in [6, 6.07) is 13.9. The molecule has 0 aliphatic heterocycles. The molecule has 0 atom stereocenters. The molecule has 0 amide bonds. The molecule has 1 N–H and O–H groups in total. The van der Waals surface area contributed by atoms with Crippen LogP contribution >= 0.6 is 11.6 Å². The summed E-state index contributed by atoms with van der Waals surface area (Å²) in [6.07, 6.45) is 0. The number of nitrogens with zero attached hydrogens (tertiary/aromatic N) is 2. The van der Waals surface area contributed by atoms with Crippen LogP contribution in [0.5, 0.6) is 0 Å². The van der Waals surface area contributed by atoms with Crippen LogP contribution < -0.4 is 4.72 Å². The van der Waals surface area contributed by atoms with Crippen LogP contribution in [0.3, 0.4) is 0 Å². The summed E-state index contributed by atoms with van der Waals surface area (Å²) in [5.41, 5.74) is 3.84. The van der Waals surface area contributed by atoms with Crippen LogP contribution in [-0.4, -0.2) is 18.2 Å². The van der Waals surface area contributed by atoms with Crippen molar-refractivity contribution >= 4 is 27.3 Å². The molecule has 7 heteroatoms. The van der Waals surface area contributed by atoms with Crippen molar-refractivity contribution in [1.29, 1.82) is 0 Å². The van der Waals surface area contributed by atoms with E-state index in [1.165, 1.54) is 12.1 Å². The minimum Gasteiger partial charge on any atom is -0.276 e. The Morgan fingerprint density at radius 2 is 1.56 bits per heavy atom. The van der Waals surface area contributed by atoms with Gasteiger partial charge >= 0.3 is 0 Å². The zero-order valence-electron chi connectivity index (χ0n) is 14.1. The Labute approximate surface area is 152 Å². The van der Waals surface area contributed by atoms with Gasteiger partial charge in [-0.2, -0.15) is 5.10 Å². The number of nitrogens with one attached hydrogen (secondary N) is 1. The summed E-state index contributed by atoms with van der Waals surface area (Å²) in [5.74, 6) is 0. The molecule has 5 nitrogen and oxygen atoms in total. The Kier molecular flexibility index (Phi) is 4.58. The first kappa shape index (κ1) is 17.5. The van der Waals surface area contributed by atoms with Crippen molar-refractivity contribution in [2.45, 2.75) is 25.7 Å². The topological polar surface area (TPSA) is 64.0 Å². The number of aryl methyl sites for hydroxylation is 2. The van der Waals surface area contributed by atoms with Gasteiger partial charge in [-0.1, -0.05) is 29.3 Å². The van der Waals surface area contributed by atoms with E-state index < -0.39 is 10.0 Å². The van der Waals surface area contributed by atoms with Crippen LogP contribution in [0, 0.1) is 20.8 Å². The van der Waals surface area contributed by atoms with Crippen molar-refractivity contribution in [3.8, 4) is 5.69 Å². The standard InChI is InChI=1S/C18H18ClN3O2S/c1-12-4-8-16(9-5-12)22-14(3)18(13(2)20-22)21-25(23,24)17-10-6-15(19)7-11-17/h4-11,21H,1-3H3. The minimum absolute atomic E-state index is 0.152. The zero-order chi connectivity index (χ0) is 18.2.